The van der Waals surface area contributed by atoms with Crippen molar-refractivity contribution < 1.29 is 4.39 Å². The summed E-state index contributed by atoms with van der Waals surface area (Å²) >= 11 is 1.65. The number of nitrogens with zero attached hydrogens (tertiary/aromatic N) is 3. The maximum Gasteiger partial charge on any atom is 0.226 e. The number of piperidine rings is 1. The van der Waals surface area contributed by atoms with Crippen molar-refractivity contribution in [3.8, 4) is 11.3 Å². The number of benzene rings is 1. The number of rotatable bonds is 2. The predicted octanol–water partition coefficient (Wildman–Crippen LogP) is 5.06. The Kier molecular flexibility index (Phi) is 3.55. The molecule has 3 nitrogen and oxygen atoms in total. The third-order valence-corrected chi connectivity index (χ3v) is 6.00. The monoisotopic (exact) mass is 351 g/mol. The van der Waals surface area contributed by atoms with Gasteiger partial charge in [-0.3, -0.25) is 0 Å². The average molecular weight is 351 g/mol. The van der Waals surface area contributed by atoms with Crippen LogP contribution in [0.1, 0.15) is 30.4 Å². The number of hydrogen-bond acceptors (Lipinski definition) is 4. The lowest BCUT2D eigenvalue weighted by Gasteiger charge is -2.27. The van der Waals surface area contributed by atoms with Crippen molar-refractivity contribution in [1.82, 2.24) is 9.97 Å². The SMILES string of the molecule is Fc1ccc(-c2nc(N3CCCCC3)nc3ccsc23)c2c1CC=C2. The lowest BCUT2D eigenvalue weighted by molar-refractivity contribution is 0.569. The standard InChI is InChI=1S/C20H18FN3S/c21-16-8-7-15(13-5-4-6-14(13)16)18-19-17(9-12-25-19)22-20(23-18)24-10-2-1-3-11-24/h4-5,7-9,12H,1-3,6,10-11H2. The quantitative estimate of drug-likeness (QED) is 0.646. The van der Waals surface area contributed by atoms with Crippen LogP contribution >= 0.6 is 11.3 Å². The van der Waals surface area contributed by atoms with Crippen LogP contribution in [0.4, 0.5) is 10.3 Å². The molecule has 0 radical (unpaired) electrons. The van der Waals surface area contributed by atoms with Crippen LogP contribution < -0.4 is 4.90 Å². The Hall–Kier alpha value is -2.27. The first kappa shape index (κ1) is 15.0. The van der Waals surface area contributed by atoms with Gasteiger partial charge >= 0.3 is 0 Å². The normalized spacial score (nSPS) is 16.6. The van der Waals surface area contributed by atoms with E-state index >= 15 is 0 Å². The van der Waals surface area contributed by atoms with Gasteiger partial charge in [-0.25, -0.2) is 14.4 Å². The first-order valence-electron chi connectivity index (χ1n) is 8.80. The topological polar surface area (TPSA) is 29.0 Å². The van der Waals surface area contributed by atoms with E-state index < -0.39 is 0 Å². The van der Waals surface area contributed by atoms with E-state index in [1.165, 1.54) is 19.3 Å². The molecule has 0 N–H and O–H groups in total. The molecule has 25 heavy (non-hydrogen) atoms. The molecule has 126 valence electrons. The van der Waals surface area contributed by atoms with Gasteiger partial charge in [-0.15, -0.1) is 11.3 Å². The highest BCUT2D eigenvalue weighted by atomic mass is 32.1. The predicted molar refractivity (Wildman–Crippen MR) is 102 cm³/mol. The van der Waals surface area contributed by atoms with Gasteiger partial charge < -0.3 is 4.90 Å². The molecule has 0 amide bonds. The molecule has 1 aromatic carbocycles. The van der Waals surface area contributed by atoms with Crippen LogP contribution in [0.2, 0.25) is 0 Å². The van der Waals surface area contributed by atoms with Crippen molar-refractivity contribution in [2.75, 3.05) is 18.0 Å². The average Bonchev–Trinajstić information content (AvgIpc) is 3.32. The number of allylic oxidation sites excluding steroid dienone is 1. The van der Waals surface area contributed by atoms with Gasteiger partial charge in [0.1, 0.15) is 5.82 Å². The van der Waals surface area contributed by atoms with Gasteiger partial charge in [0.15, 0.2) is 0 Å². The summed E-state index contributed by atoms with van der Waals surface area (Å²) in [6.07, 6.45) is 8.36. The van der Waals surface area contributed by atoms with Crippen molar-refractivity contribution in [3.63, 3.8) is 0 Å². The number of fused-ring (bicyclic) bond motifs is 2. The van der Waals surface area contributed by atoms with Crippen LogP contribution in [0.3, 0.4) is 0 Å². The zero-order chi connectivity index (χ0) is 16.8. The highest BCUT2D eigenvalue weighted by molar-refractivity contribution is 7.17. The zero-order valence-corrected chi connectivity index (χ0v) is 14.7. The van der Waals surface area contributed by atoms with Gasteiger partial charge in [-0.2, -0.15) is 0 Å². The van der Waals surface area contributed by atoms with E-state index in [1.54, 1.807) is 17.4 Å². The molecule has 0 bridgehead atoms. The lowest BCUT2D eigenvalue weighted by Crippen LogP contribution is -2.31. The lowest BCUT2D eigenvalue weighted by atomic mass is 10.00. The highest BCUT2D eigenvalue weighted by Crippen LogP contribution is 2.38. The van der Waals surface area contributed by atoms with Crippen LogP contribution in [-0.4, -0.2) is 23.1 Å². The van der Waals surface area contributed by atoms with Gasteiger partial charge in [-0.05, 0) is 60.4 Å². The summed E-state index contributed by atoms with van der Waals surface area (Å²) in [7, 11) is 0. The van der Waals surface area contributed by atoms with E-state index in [4.69, 9.17) is 9.97 Å². The summed E-state index contributed by atoms with van der Waals surface area (Å²) in [5.74, 6) is 0.678. The fourth-order valence-corrected chi connectivity index (χ4v) is 4.64. The molecule has 0 atom stereocenters. The molecule has 0 saturated carbocycles. The van der Waals surface area contributed by atoms with Gasteiger partial charge in [0.2, 0.25) is 5.95 Å². The summed E-state index contributed by atoms with van der Waals surface area (Å²) in [6, 6.07) is 5.49. The molecule has 1 saturated heterocycles. The first-order chi connectivity index (χ1) is 12.3. The molecule has 5 rings (SSSR count). The molecule has 1 aliphatic heterocycles. The molecule has 3 aromatic rings. The van der Waals surface area contributed by atoms with Gasteiger partial charge in [-0.1, -0.05) is 12.2 Å². The second kappa shape index (κ2) is 5.92. The minimum atomic E-state index is -0.128. The third-order valence-electron chi connectivity index (χ3n) is 5.09. The Morgan fingerprint density at radius 2 is 1.92 bits per heavy atom. The van der Waals surface area contributed by atoms with E-state index in [0.29, 0.717) is 6.42 Å². The summed E-state index contributed by atoms with van der Waals surface area (Å²) in [6.45, 7) is 2.02. The van der Waals surface area contributed by atoms with Crippen LogP contribution in [0.25, 0.3) is 27.6 Å². The minimum absolute atomic E-state index is 0.128. The Balaban J connectivity index is 1.72. The Labute approximate surface area is 149 Å². The molecule has 3 heterocycles. The van der Waals surface area contributed by atoms with Gasteiger partial charge in [0.05, 0.1) is 15.9 Å². The molecule has 1 fully saturated rings. The molecule has 0 spiro atoms. The second-order valence-electron chi connectivity index (χ2n) is 6.65. The summed E-state index contributed by atoms with van der Waals surface area (Å²) in [5, 5.41) is 2.06. The zero-order valence-electron chi connectivity index (χ0n) is 13.8. The van der Waals surface area contributed by atoms with E-state index in [-0.39, 0.29) is 5.82 Å². The van der Waals surface area contributed by atoms with Crippen LogP contribution in [-0.2, 0) is 6.42 Å². The Morgan fingerprint density at radius 3 is 2.80 bits per heavy atom. The van der Waals surface area contributed by atoms with Crippen LogP contribution in [0, 0.1) is 5.82 Å². The molecule has 0 unspecified atom stereocenters. The maximum atomic E-state index is 14.1. The van der Waals surface area contributed by atoms with Gasteiger partial charge in [0.25, 0.3) is 0 Å². The summed E-state index contributed by atoms with van der Waals surface area (Å²) < 4.78 is 15.2. The molecule has 2 aromatic heterocycles. The van der Waals surface area contributed by atoms with Crippen LogP contribution in [0.5, 0.6) is 0 Å². The molecule has 1 aliphatic carbocycles. The largest absolute Gasteiger partial charge is 0.341 e. The van der Waals surface area contributed by atoms with Gasteiger partial charge in [0, 0.05) is 18.7 Å². The van der Waals surface area contributed by atoms with Crippen molar-refractivity contribution in [2.45, 2.75) is 25.7 Å². The first-order valence-corrected chi connectivity index (χ1v) is 9.68. The number of thiophene rings is 1. The van der Waals surface area contributed by atoms with Crippen molar-refractivity contribution in [3.05, 3.63) is 46.6 Å². The van der Waals surface area contributed by atoms with Crippen molar-refractivity contribution in [1.29, 1.82) is 0 Å². The smallest absolute Gasteiger partial charge is 0.226 e. The summed E-state index contributed by atoms with van der Waals surface area (Å²) in [5.41, 5.74) is 4.68. The number of halogens is 1. The van der Waals surface area contributed by atoms with Crippen molar-refractivity contribution in [2.24, 2.45) is 0 Å². The maximum absolute atomic E-state index is 14.1. The van der Waals surface area contributed by atoms with E-state index in [0.717, 1.165) is 51.6 Å². The number of aromatic nitrogens is 2. The molecule has 2 aliphatic rings. The Morgan fingerprint density at radius 1 is 1.04 bits per heavy atom. The summed E-state index contributed by atoms with van der Waals surface area (Å²) in [4.78, 5) is 12.0. The minimum Gasteiger partial charge on any atom is -0.341 e. The Bertz CT molecular complexity index is 986. The fraction of sp³-hybridized carbons (Fsp3) is 0.300. The second-order valence-corrected chi connectivity index (χ2v) is 7.56. The molecule has 5 heteroatoms. The van der Waals surface area contributed by atoms with Crippen molar-refractivity contribution >= 4 is 33.6 Å². The molecular weight excluding hydrogens is 333 g/mol. The third kappa shape index (κ3) is 2.45. The van der Waals surface area contributed by atoms with E-state index in [9.17, 15) is 4.39 Å². The molecular formula is C20H18FN3S. The van der Waals surface area contributed by atoms with E-state index in [2.05, 4.69) is 16.3 Å². The number of anilines is 1. The fourth-order valence-electron chi connectivity index (χ4n) is 3.81. The van der Waals surface area contributed by atoms with E-state index in [1.807, 2.05) is 18.2 Å². The number of hydrogen-bond donors (Lipinski definition) is 0. The highest BCUT2D eigenvalue weighted by Gasteiger charge is 2.21. The van der Waals surface area contributed by atoms with Crippen LogP contribution in [0.15, 0.2) is 29.7 Å².